The van der Waals surface area contributed by atoms with Gasteiger partial charge in [-0.25, -0.2) is 0 Å². The first kappa shape index (κ1) is 16.5. The van der Waals surface area contributed by atoms with Crippen molar-refractivity contribution in [3.05, 3.63) is 60.2 Å². The number of benzene rings is 2. The van der Waals surface area contributed by atoms with Crippen LogP contribution >= 0.6 is 0 Å². The predicted molar refractivity (Wildman–Crippen MR) is 87.7 cm³/mol. The molecule has 0 radical (unpaired) electrons. The van der Waals surface area contributed by atoms with Gasteiger partial charge < -0.3 is 15.2 Å². The first-order valence-electron chi connectivity index (χ1n) is 7.29. The first-order chi connectivity index (χ1) is 11.1. The average Bonchev–Trinajstić information content (AvgIpc) is 2.55. The molecule has 0 heterocycles. The molecule has 2 N–H and O–H groups in total. The summed E-state index contributed by atoms with van der Waals surface area (Å²) in [5, 5.41) is 11.9. The van der Waals surface area contributed by atoms with Crippen molar-refractivity contribution in [2.45, 2.75) is 18.8 Å². The Hall–Kier alpha value is -2.82. The zero-order valence-electron chi connectivity index (χ0n) is 12.9. The number of carbonyl (C=O) groups excluding carboxylic acids is 1. The number of ether oxygens (including phenoxy) is 1. The Morgan fingerprint density at radius 3 is 2.35 bits per heavy atom. The van der Waals surface area contributed by atoms with Crippen molar-refractivity contribution in [1.82, 2.24) is 0 Å². The van der Waals surface area contributed by atoms with Crippen molar-refractivity contribution in [2.75, 3.05) is 12.4 Å². The van der Waals surface area contributed by atoms with Gasteiger partial charge in [0.2, 0.25) is 5.91 Å². The maximum Gasteiger partial charge on any atom is 0.303 e. The summed E-state index contributed by atoms with van der Waals surface area (Å²) in [5.41, 5.74) is 1.41. The Morgan fingerprint density at radius 1 is 1.04 bits per heavy atom. The maximum absolute atomic E-state index is 12.3. The number of carboxylic acids is 1. The van der Waals surface area contributed by atoms with Crippen LogP contribution in [0.5, 0.6) is 5.75 Å². The molecular weight excluding hydrogens is 294 g/mol. The van der Waals surface area contributed by atoms with Crippen LogP contribution in [0.25, 0.3) is 0 Å². The molecule has 5 heteroatoms. The minimum atomic E-state index is -0.927. The molecule has 0 aliphatic rings. The monoisotopic (exact) mass is 313 g/mol. The maximum atomic E-state index is 12.3. The fourth-order valence-electron chi connectivity index (χ4n) is 2.42. The van der Waals surface area contributed by atoms with Crippen molar-refractivity contribution in [2.24, 2.45) is 0 Å². The van der Waals surface area contributed by atoms with E-state index >= 15 is 0 Å². The Bertz CT molecular complexity index is 670. The van der Waals surface area contributed by atoms with E-state index in [1.165, 1.54) is 7.11 Å². The average molecular weight is 313 g/mol. The van der Waals surface area contributed by atoms with Gasteiger partial charge in [-0.2, -0.15) is 0 Å². The molecule has 120 valence electrons. The fourth-order valence-corrected chi connectivity index (χ4v) is 2.42. The van der Waals surface area contributed by atoms with Crippen molar-refractivity contribution in [3.63, 3.8) is 0 Å². The van der Waals surface area contributed by atoms with E-state index in [1.807, 2.05) is 36.4 Å². The zero-order valence-corrected chi connectivity index (χ0v) is 12.9. The van der Waals surface area contributed by atoms with E-state index in [0.717, 1.165) is 5.56 Å². The highest BCUT2D eigenvalue weighted by atomic mass is 16.5. The van der Waals surface area contributed by atoms with Gasteiger partial charge in [0.25, 0.3) is 0 Å². The summed E-state index contributed by atoms with van der Waals surface area (Å²) in [6.45, 7) is 0. The second-order valence-corrected chi connectivity index (χ2v) is 5.16. The second-order valence-electron chi connectivity index (χ2n) is 5.16. The van der Waals surface area contributed by atoms with Crippen molar-refractivity contribution < 1.29 is 19.4 Å². The van der Waals surface area contributed by atoms with Crippen LogP contribution in [-0.4, -0.2) is 24.1 Å². The summed E-state index contributed by atoms with van der Waals surface area (Å²) in [6, 6.07) is 16.3. The topological polar surface area (TPSA) is 75.6 Å². The highest BCUT2D eigenvalue weighted by Gasteiger charge is 2.19. The van der Waals surface area contributed by atoms with Crippen LogP contribution in [0.15, 0.2) is 54.6 Å². The minimum absolute atomic E-state index is 0.0916. The van der Waals surface area contributed by atoms with Crippen LogP contribution in [0.2, 0.25) is 0 Å². The standard InChI is InChI=1S/C18H19NO4/c1-23-16-10-6-5-9-15(16)19-17(20)11-14(12-18(21)22)13-7-3-2-4-8-13/h2-10,14H,11-12H2,1H3,(H,19,20)(H,21,22)/t14-/m0/s1. The van der Waals surface area contributed by atoms with E-state index in [2.05, 4.69) is 5.32 Å². The van der Waals surface area contributed by atoms with E-state index in [4.69, 9.17) is 9.84 Å². The largest absolute Gasteiger partial charge is 0.495 e. The van der Waals surface area contributed by atoms with Crippen molar-refractivity contribution >= 4 is 17.6 Å². The SMILES string of the molecule is COc1ccccc1NC(=O)C[C@@H](CC(=O)O)c1ccccc1. The number of anilines is 1. The minimum Gasteiger partial charge on any atom is -0.495 e. The molecular formula is C18H19NO4. The number of carbonyl (C=O) groups is 2. The number of hydrogen-bond acceptors (Lipinski definition) is 3. The van der Waals surface area contributed by atoms with E-state index in [9.17, 15) is 9.59 Å². The third kappa shape index (κ3) is 4.85. The second kappa shape index (κ2) is 7.98. The van der Waals surface area contributed by atoms with E-state index < -0.39 is 5.97 Å². The molecule has 1 atom stereocenters. The number of aliphatic carboxylic acids is 1. The Labute approximate surface area is 134 Å². The summed E-state index contributed by atoms with van der Waals surface area (Å²) >= 11 is 0. The number of carboxylic acid groups (broad SMARTS) is 1. The number of rotatable bonds is 7. The summed E-state index contributed by atoms with van der Waals surface area (Å²) < 4.78 is 5.19. The number of methoxy groups -OCH3 is 1. The number of hydrogen-bond donors (Lipinski definition) is 2. The number of nitrogens with one attached hydrogen (secondary N) is 1. The van der Waals surface area contributed by atoms with Gasteiger partial charge in [-0.3, -0.25) is 9.59 Å². The van der Waals surface area contributed by atoms with Gasteiger partial charge in [0.15, 0.2) is 0 Å². The van der Waals surface area contributed by atoms with Crippen molar-refractivity contribution in [3.8, 4) is 5.75 Å². The van der Waals surface area contributed by atoms with Gasteiger partial charge in [-0.15, -0.1) is 0 Å². The highest BCUT2D eigenvalue weighted by molar-refractivity contribution is 5.93. The van der Waals surface area contributed by atoms with Crippen LogP contribution in [-0.2, 0) is 9.59 Å². The molecule has 2 aromatic carbocycles. The number of amides is 1. The van der Waals surface area contributed by atoms with Crippen molar-refractivity contribution in [1.29, 1.82) is 0 Å². The molecule has 5 nitrogen and oxygen atoms in total. The highest BCUT2D eigenvalue weighted by Crippen LogP contribution is 2.27. The van der Waals surface area contributed by atoms with Crippen LogP contribution in [0.4, 0.5) is 5.69 Å². The molecule has 2 aromatic rings. The summed E-state index contributed by atoms with van der Waals surface area (Å²) in [6.07, 6.45) is -0.00226. The van der Waals surface area contributed by atoms with Gasteiger partial charge in [0.1, 0.15) is 5.75 Å². The molecule has 0 saturated heterocycles. The molecule has 0 unspecified atom stereocenters. The lowest BCUT2D eigenvalue weighted by Gasteiger charge is -2.16. The molecule has 23 heavy (non-hydrogen) atoms. The van der Waals surface area contributed by atoms with Crippen LogP contribution in [0.3, 0.4) is 0 Å². The summed E-state index contributed by atoms with van der Waals surface area (Å²) in [5.74, 6) is -0.979. The molecule has 0 aromatic heterocycles. The lowest BCUT2D eigenvalue weighted by molar-refractivity contribution is -0.137. The van der Waals surface area contributed by atoms with E-state index in [0.29, 0.717) is 11.4 Å². The lowest BCUT2D eigenvalue weighted by atomic mass is 9.92. The van der Waals surface area contributed by atoms with Crippen LogP contribution in [0.1, 0.15) is 24.3 Å². The van der Waals surface area contributed by atoms with Gasteiger partial charge >= 0.3 is 5.97 Å². The third-order valence-electron chi connectivity index (χ3n) is 3.50. The quantitative estimate of drug-likeness (QED) is 0.822. The first-order valence-corrected chi connectivity index (χ1v) is 7.29. The van der Waals surface area contributed by atoms with Gasteiger partial charge in [0, 0.05) is 12.3 Å². The fraction of sp³-hybridized carbons (Fsp3) is 0.222. The molecule has 0 spiro atoms. The normalized spacial score (nSPS) is 11.5. The van der Waals surface area contributed by atoms with Gasteiger partial charge in [-0.1, -0.05) is 42.5 Å². The van der Waals surface area contributed by atoms with Crippen LogP contribution in [0, 0.1) is 0 Å². The molecule has 0 aliphatic heterocycles. The Morgan fingerprint density at radius 2 is 1.70 bits per heavy atom. The van der Waals surface area contributed by atoms with Gasteiger partial charge in [-0.05, 0) is 17.7 Å². The van der Waals surface area contributed by atoms with Gasteiger partial charge in [0.05, 0.1) is 19.2 Å². The van der Waals surface area contributed by atoms with E-state index in [-0.39, 0.29) is 24.7 Å². The third-order valence-corrected chi connectivity index (χ3v) is 3.50. The molecule has 1 amide bonds. The summed E-state index contributed by atoms with van der Waals surface area (Å²) in [4.78, 5) is 23.4. The molecule has 0 saturated carbocycles. The Kier molecular flexibility index (Phi) is 5.74. The number of para-hydroxylation sites is 2. The summed E-state index contributed by atoms with van der Waals surface area (Å²) in [7, 11) is 1.53. The zero-order chi connectivity index (χ0) is 16.7. The lowest BCUT2D eigenvalue weighted by Crippen LogP contribution is -2.18. The molecule has 0 aliphatic carbocycles. The molecule has 0 fully saturated rings. The van der Waals surface area contributed by atoms with E-state index in [1.54, 1.807) is 18.2 Å². The Balaban J connectivity index is 2.10. The molecule has 0 bridgehead atoms. The smallest absolute Gasteiger partial charge is 0.303 e. The predicted octanol–water partition coefficient (Wildman–Crippen LogP) is 3.28. The molecule has 2 rings (SSSR count). The van der Waals surface area contributed by atoms with Crippen LogP contribution < -0.4 is 10.1 Å².